The van der Waals surface area contributed by atoms with E-state index in [0.29, 0.717) is 18.3 Å². The highest BCUT2D eigenvalue weighted by Gasteiger charge is 2.24. The van der Waals surface area contributed by atoms with E-state index in [-0.39, 0.29) is 5.91 Å². The molecule has 1 aliphatic heterocycles. The van der Waals surface area contributed by atoms with Crippen LogP contribution in [0, 0.1) is 12.8 Å². The molecule has 6 heteroatoms. The molecule has 0 spiro atoms. The van der Waals surface area contributed by atoms with Crippen LogP contribution in [0.5, 0.6) is 0 Å². The van der Waals surface area contributed by atoms with E-state index in [9.17, 15) is 4.79 Å². The lowest BCUT2D eigenvalue weighted by Gasteiger charge is -2.17. The van der Waals surface area contributed by atoms with Crippen molar-refractivity contribution in [3.05, 3.63) is 36.0 Å². The standard InChI is InChI=1S/C20H25N5O/c1-14-12-18(25-10-2-3-11-25)24-20(21-14)23-17-8-6-16(7-9-17)22-19(26)13-15-4-5-15/h6-9,12,15H,2-5,10-11,13H2,1H3,(H,22,26)(H,21,23,24). The van der Waals surface area contributed by atoms with Crippen LogP contribution in [0.4, 0.5) is 23.1 Å². The van der Waals surface area contributed by atoms with E-state index in [1.807, 2.05) is 37.3 Å². The number of hydrogen-bond donors (Lipinski definition) is 2. The molecule has 0 radical (unpaired) electrons. The first kappa shape index (κ1) is 16.8. The van der Waals surface area contributed by atoms with Crippen molar-refractivity contribution in [3.8, 4) is 0 Å². The van der Waals surface area contributed by atoms with Gasteiger partial charge in [0.25, 0.3) is 0 Å². The molecule has 26 heavy (non-hydrogen) atoms. The minimum atomic E-state index is 0.102. The molecule has 1 amide bonds. The van der Waals surface area contributed by atoms with Gasteiger partial charge < -0.3 is 15.5 Å². The van der Waals surface area contributed by atoms with Crippen molar-refractivity contribution >= 4 is 29.0 Å². The Hall–Kier alpha value is -2.63. The van der Waals surface area contributed by atoms with Crippen LogP contribution in [0.15, 0.2) is 30.3 Å². The second-order valence-corrected chi connectivity index (χ2v) is 7.28. The van der Waals surface area contributed by atoms with Gasteiger partial charge in [-0.15, -0.1) is 0 Å². The molecule has 0 bridgehead atoms. The summed E-state index contributed by atoms with van der Waals surface area (Å²) in [5.74, 6) is 2.29. The van der Waals surface area contributed by atoms with Gasteiger partial charge in [-0.1, -0.05) is 0 Å². The molecule has 2 N–H and O–H groups in total. The molecule has 4 rings (SSSR count). The van der Waals surface area contributed by atoms with Gasteiger partial charge in [0.1, 0.15) is 5.82 Å². The van der Waals surface area contributed by atoms with Gasteiger partial charge in [-0.05, 0) is 62.8 Å². The average Bonchev–Trinajstić information content (AvgIpc) is 3.24. The van der Waals surface area contributed by atoms with Crippen LogP contribution in [-0.2, 0) is 4.79 Å². The summed E-state index contributed by atoms with van der Waals surface area (Å²) < 4.78 is 0. The van der Waals surface area contributed by atoms with E-state index >= 15 is 0 Å². The Morgan fingerprint density at radius 3 is 2.50 bits per heavy atom. The first-order valence-electron chi connectivity index (χ1n) is 9.43. The van der Waals surface area contributed by atoms with Crippen LogP contribution in [0.25, 0.3) is 0 Å². The van der Waals surface area contributed by atoms with Gasteiger partial charge in [-0.3, -0.25) is 4.79 Å². The fraction of sp³-hybridized carbons (Fsp3) is 0.450. The Labute approximate surface area is 154 Å². The predicted octanol–water partition coefficient (Wildman–Crippen LogP) is 3.87. The van der Waals surface area contributed by atoms with E-state index in [1.165, 1.54) is 25.7 Å². The third kappa shape index (κ3) is 4.31. The quantitative estimate of drug-likeness (QED) is 0.827. The van der Waals surface area contributed by atoms with Crippen LogP contribution >= 0.6 is 0 Å². The molecule has 1 saturated heterocycles. The molecular weight excluding hydrogens is 326 g/mol. The zero-order valence-corrected chi connectivity index (χ0v) is 15.2. The number of rotatable bonds is 6. The molecular formula is C20H25N5O. The van der Waals surface area contributed by atoms with Gasteiger partial charge in [-0.2, -0.15) is 4.98 Å². The molecule has 6 nitrogen and oxygen atoms in total. The molecule has 2 heterocycles. The summed E-state index contributed by atoms with van der Waals surface area (Å²) in [6.45, 7) is 4.11. The number of nitrogens with one attached hydrogen (secondary N) is 2. The number of carbonyl (C=O) groups is 1. The average molecular weight is 351 g/mol. The zero-order chi connectivity index (χ0) is 17.9. The number of benzene rings is 1. The lowest BCUT2D eigenvalue weighted by atomic mass is 10.2. The summed E-state index contributed by atoms with van der Waals surface area (Å²) in [5.41, 5.74) is 2.68. The van der Waals surface area contributed by atoms with Crippen LogP contribution < -0.4 is 15.5 Å². The minimum absolute atomic E-state index is 0.102. The number of aromatic nitrogens is 2. The first-order valence-corrected chi connectivity index (χ1v) is 9.43. The van der Waals surface area contributed by atoms with Crippen molar-refractivity contribution in [2.75, 3.05) is 28.6 Å². The Morgan fingerprint density at radius 1 is 1.12 bits per heavy atom. The molecule has 136 valence electrons. The number of aryl methyl sites for hydroxylation is 1. The second-order valence-electron chi connectivity index (χ2n) is 7.28. The van der Waals surface area contributed by atoms with Crippen LogP contribution in [0.1, 0.15) is 37.8 Å². The molecule has 1 aromatic carbocycles. The second kappa shape index (κ2) is 7.32. The lowest BCUT2D eigenvalue weighted by Crippen LogP contribution is -2.19. The molecule has 2 aromatic rings. The van der Waals surface area contributed by atoms with E-state index in [2.05, 4.69) is 25.5 Å². The van der Waals surface area contributed by atoms with Crippen molar-refractivity contribution in [1.82, 2.24) is 9.97 Å². The van der Waals surface area contributed by atoms with Crippen molar-refractivity contribution < 1.29 is 4.79 Å². The third-order valence-electron chi connectivity index (χ3n) is 4.87. The first-order chi connectivity index (χ1) is 12.7. The van der Waals surface area contributed by atoms with Gasteiger partial charge in [0.2, 0.25) is 11.9 Å². The summed E-state index contributed by atoms with van der Waals surface area (Å²) in [4.78, 5) is 23.3. The van der Waals surface area contributed by atoms with Crippen molar-refractivity contribution in [3.63, 3.8) is 0 Å². The number of hydrogen-bond acceptors (Lipinski definition) is 5. The number of amides is 1. The smallest absolute Gasteiger partial charge is 0.229 e. The number of nitrogens with zero attached hydrogens (tertiary/aromatic N) is 3. The minimum Gasteiger partial charge on any atom is -0.356 e. The van der Waals surface area contributed by atoms with E-state index in [0.717, 1.165) is 36.0 Å². The largest absolute Gasteiger partial charge is 0.356 e. The van der Waals surface area contributed by atoms with Gasteiger partial charge >= 0.3 is 0 Å². The fourth-order valence-electron chi connectivity index (χ4n) is 3.28. The predicted molar refractivity (Wildman–Crippen MR) is 104 cm³/mol. The Morgan fingerprint density at radius 2 is 1.81 bits per heavy atom. The summed E-state index contributed by atoms with van der Waals surface area (Å²) in [7, 11) is 0. The molecule has 1 aliphatic carbocycles. The van der Waals surface area contributed by atoms with Gasteiger partial charge in [0.15, 0.2) is 0 Å². The van der Waals surface area contributed by atoms with Crippen molar-refractivity contribution in [2.24, 2.45) is 5.92 Å². The highest BCUT2D eigenvalue weighted by Crippen LogP contribution is 2.32. The maximum Gasteiger partial charge on any atom is 0.229 e. The maximum atomic E-state index is 11.9. The highest BCUT2D eigenvalue weighted by molar-refractivity contribution is 5.91. The van der Waals surface area contributed by atoms with Gasteiger partial charge in [-0.25, -0.2) is 4.98 Å². The van der Waals surface area contributed by atoms with Crippen molar-refractivity contribution in [1.29, 1.82) is 0 Å². The van der Waals surface area contributed by atoms with Crippen LogP contribution in [0.3, 0.4) is 0 Å². The van der Waals surface area contributed by atoms with Crippen LogP contribution in [0.2, 0.25) is 0 Å². The molecule has 0 unspecified atom stereocenters. The van der Waals surface area contributed by atoms with Crippen molar-refractivity contribution in [2.45, 2.75) is 39.0 Å². The molecule has 1 saturated carbocycles. The monoisotopic (exact) mass is 351 g/mol. The summed E-state index contributed by atoms with van der Waals surface area (Å²) in [6, 6.07) is 9.73. The molecule has 2 fully saturated rings. The molecule has 2 aliphatic rings. The normalized spacial score (nSPS) is 16.6. The Kier molecular flexibility index (Phi) is 4.73. The summed E-state index contributed by atoms with van der Waals surface area (Å²) in [6.07, 6.45) is 5.45. The number of carbonyl (C=O) groups excluding carboxylic acids is 1. The van der Waals surface area contributed by atoms with Crippen LogP contribution in [-0.4, -0.2) is 29.0 Å². The Balaban J connectivity index is 1.41. The van der Waals surface area contributed by atoms with E-state index in [1.54, 1.807) is 0 Å². The topological polar surface area (TPSA) is 70.2 Å². The zero-order valence-electron chi connectivity index (χ0n) is 15.2. The molecule has 1 aromatic heterocycles. The summed E-state index contributed by atoms with van der Waals surface area (Å²) in [5, 5.41) is 6.22. The fourth-order valence-corrected chi connectivity index (χ4v) is 3.28. The number of anilines is 4. The SMILES string of the molecule is Cc1cc(N2CCCC2)nc(Nc2ccc(NC(=O)CC3CC3)cc2)n1. The maximum absolute atomic E-state index is 11.9. The van der Waals surface area contributed by atoms with Gasteiger partial charge in [0.05, 0.1) is 0 Å². The van der Waals surface area contributed by atoms with Gasteiger partial charge in [0, 0.05) is 42.6 Å². The Bertz CT molecular complexity index is 779. The van der Waals surface area contributed by atoms with E-state index < -0.39 is 0 Å². The summed E-state index contributed by atoms with van der Waals surface area (Å²) >= 11 is 0. The molecule has 0 atom stereocenters. The lowest BCUT2D eigenvalue weighted by molar-refractivity contribution is -0.116. The highest BCUT2D eigenvalue weighted by atomic mass is 16.1. The van der Waals surface area contributed by atoms with E-state index in [4.69, 9.17) is 0 Å². The third-order valence-corrected chi connectivity index (χ3v) is 4.87.